The molecule has 0 saturated heterocycles. The summed E-state index contributed by atoms with van der Waals surface area (Å²) in [6.45, 7) is 0.435. The van der Waals surface area contributed by atoms with Crippen molar-refractivity contribution in [1.29, 1.82) is 0 Å². The molecule has 0 aliphatic heterocycles. The van der Waals surface area contributed by atoms with Gasteiger partial charge in [-0.15, -0.1) is 0 Å². The molecule has 0 spiro atoms. The standard InChI is InChI=1S/C14H17F3N2O3/c1-22-6-5-18-13(21)9-19-12(20)8-10-3-2-4-11(7-10)14(15,16)17/h2-4,7H,5-6,8-9H2,1H3,(H,18,21)(H,19,20). The minimum Gasteiger partial charge on any atom is -0.383 e. The number of amides is 2. The van der Waals surface area contributed by atoms with Crippen molar-refractivity contribution in [3.63, 3.8) is 0 Å². The van der Waals surface area contributed by atoms with Gasteiger partial charge in [0.05, 0.1) is 25.1 Å². The Hall–Kier alpha value is -2.09. The van der Waals surface area contributed by atoms with Crippen molar-refractivity contribution in [3.05, 3.63) is 35.4 Å². The van der Waals surface area contributed by atoms with Gasteiger partial charge in [-0.25, -0.2) is 0 Å². The Morgan fingerprint density at radius 1 is 1.18 bits per heavy atom. The van der Waals surface area contributed by atoms with E-state index >= 15 is 0 Å². The topological polar surface area (TPSA) is 67.4 Å². The van der Waals surface area contributed by atoms with E-state index in [2.05, 4.69) is 10.6 Å². The molecule has 0 atom stereocenters. The third-order valence-corrected chi connectivity index (χ3v) is 2.69. The molecule has 0 heterocycles. The summed E-state index contributed by atoms with van der Waals surface area (Å²) in [7, 11) is 1.49. The van der Waals surface area contributed by atoms with E-state index in [-0.39, 0.29) is 18.5 Å². The maximum Gasteiger partial charge on any atom is 0.416 e. The highest BCUT2D eigenvalue weighted by atomic mass is 19.4. The first-order valence-corrected chi connectivity index (χ1v) is 6.51. The molecule has 2 amide bonds. The zero-order valence-corrected chi connectivity index (χ0v) is 12.0. The lowest BCUT2D eigenvalue weighted by Gasteiger charge is -2.09. The van der Waals surface area contributed by atoms with Gasteiger partial charge in [0.15, 0.2) is 0 Å². The average Bonchev–Trinajstić information content (AvgIpc) is 2.45. The molecule has 0 unspecified atom stereocenters. The number of rotatable bonds is 7. The summed E-state index contributed by atoms with van der Waals surface area (Å²) in [5.74, 6) is -0.921. The molecule has 0 bridgehead atoms. The van der Waals surface area contributed by atoms with Crippen LogP contribution in [0.3, 0.4) is 0 Å². The van der Waals surface area contributed by atoms with Crippen LogP contribution in [-0.4, -0.2) is 38.6 Å². The molecule has 1 aromatic rings. The Kier molecular flexibility index (Phi) is 6.84. The lowest BCUT2D eigenvalue weighted by atomic mass is 10.1. The number of hydrogen-bond donors (Lipinski definition) is 2. The number of methoxy groups -OCH3 is 1. The number of hydrogen-bond acceptors (Lipinski definition) is 3. The molecule has 0 fully saturated rings. The molecular formula is C14H17F3N2O3. The third kappa shape index (κ3) is 6.57. The van der Waals surface area contributed by atoms with Crippen LogP contribution >= 0.6 is 0 Å². The SMILES string of the molecule is COCCNC(=O)CNC(=O)Cc1cccc(C(F)(F)F)c1. The molecule has 1 aromatic carbocycles. The zero-order chi connectivity index (χ0) is 16.6. The van der Waals surface area contributed by atoms with Crippen LogP contribution in [0.15, 0.2) is 24.3 Å². The van der Waals surface area contributed by atoms with Crippen LogP contribution in [0.25, 0.3) is 0 Å². The average molecular weight is 318 g/mol. The fourth-order valence-corrected chi connectivity index (χ4v) is 1.64. The number of ether oxygens (including phenoxy) is 1. The lowest BCUT2D eigenvalue weighted by Crippen LogP contribution is -2.38. The van der Waals surface area contributed by atoms with Gasteiger partial charge in [0, 0.05) is 13.7 Å². The molecular weight excluding hydrogens is 301 g/mol. The van der Waals surface area contributed by atoms with Crippen molar-refractivity contribution in [1.82, 2.24) is 10.6 Å². The summed E-state index contributed by atoms with van der Waals surface area (Å²) in [5.41, 5.74) is -0.581. The second-order valence-electron chi connectivity index (χ2n) is 4.49. The van der Waals surface area contributed by atoms with E-state index in [1.165, 1.54) is 19.2 Å². The van der Waals surface area contributed by atoms with Crippen LogP contribution in [0.1, 0.15) is 11.1 Å². The van der Waals surface area contributed by atoms with Gasteiger partial charge < -0.3 is 15.4 Å². The first-order valence-electron chi connectivity index (χ1n) is 6.51. The summed E-state index contributed by atoms with van der Waals surface area (Å²) in [5, 5.41) is 4.85. The van der Waals surface area contributed by atoms with Crippen LogP contribution < -0.4 is 10.6 Å². The van der Waals surface area contributed by atoms with E-state index in [1.54, 1.807) is 0 Å². The fourth-order valence-electron chi connectivity index (χ4n) is 1.64. The zero-order valence-electron chi connectivity index (χ0n) is 12.0. The molecule has 0 radical (unpaired) electrons. The van der Waals surface area contributed by atoms with Crippen LogP contribution in [0, 0.1) is 0 Å². The molecule has 0 saturated carbocycles. The van der Waals surface area contributed by atoms with Gasteiger partial charge in [-0.1, -0.05) is 18.2 Å². The van der Waals surface area contributed by atoms with Gasteiger partial charge in [0.1, 0.15) is 0 Å². The van der Waals surface area contributed by atoms with E-state index in [1.807, 2.05) is 0 Å². The predicted molar refractivity (Wildman–Crippen MR) is 73.0 cm³/mol. The number of carbonyl (C=O) groups excluding carboxylic acids is 2. The second-order valence-corrected chi connectivity index (χ2v) is 4.49. The molecule has 8 heteroatoms. The number of halogens is 3. The number of carbonyl (C=O) groups is 2. The van der Waals surface area contributed by atoms with Gasteiger partial charge in [-0.05, 0) is 11.6 Å². The lowest BCUT2D eigenvalue weighted by molar-refractivity contribution is -0.137. The van der Waals surface area contributed by atoms with Crippen molar-refractivity contribution in [2.75, 3.05) is 26.8 Å². The molecule has 22 heavy (non-hydrogen) atoms. The minimum absolute atomic E-state index is 0.227. The monoisotopic (exact) mass is 318 g/mol. The number of alkyl halides is 3. The molecule has 122 valence electrons. The van der Waals surface area contributed by atoms with Crippen LogP contribution in [0.5, 0.6) is 0 Å². The van der Waals surface area contributed by atoms with Gasteiger partial charge >= 0.3 is 6.18 Å². The Bertz CT molecular complexity index is 518. The second kappa shape index (κ2) is 8.38. The Morgan fingerprint density at radius 3 is 2.55 bits per heavy atom. The van der Waals surface area contributed by atoms with Crippen molar-refractivity contribution < 1.29 is 27.5 Å². The normalized spacial score (nSPS) is 11.1. The van der Waals surface area contributed by atoms with Gasteiger partial charge in [0.2, 0.25) is 11.8 Å². The van der Waals surface area contributed by atoms with Crippen LogP contribution in [-0.2, 0) is 26.9 Å². The molecule has 5 nitrogen and oxygen atoms in total. The smallest absolute Gasteiger partial charge is 0.383 e. The predicted octanol–water partition coefficient (Wildman–Crippen LogP) is 1.13. The summed E-state index contributed by atoms with van der Waals surface area (Å²) in [6.07, 6.45) is -4.68. The summed E-state index contributed by atoms with van der Waals surface area (Å²) in [6, 6.07) is 4.51. The number of nitrogens with one attached hydrogen (secondary N) is 2. The Morgan fingerprint density at radius 2 is 1.91 bits per heavy atom. The summed E-state index contributed by atoms with van der Waals surface area (Å²) < 4.78 is 42.4. The van der Waals surface area contributed by atoms with E-state index in [9.17, 15) is 22.8 Å². The molecule has 0 aromatic heterocycles. The first-order chi connectivity index (χ1) is 10.3. The highest BCUT2D eigenvalue weighted by Crippen LogP contribution is 2.29. The number of benzene rings is 1. The maximum atomic E-state index is 12.5. The van der Waals surface area contributed by atoms with E-state index < -0.39 is 23.6 Å². The van der Waals surface area contributed by atoms with Gasteiger partial charge in [0.25, 0.3) is 0 Å². The molecule has 0 aliphatic rings. The Balaban J connectivity index is 2.44. The van der Waals surface area contributed by atoms with Crippen molar-refractivity contribution >= 4 is 11.8 Å². The van der Waals surface area contributed by atoms with Gasteiger partial charge in [-0.3, -0.25) is 9.59 Å². The third-order valence-electron chi connectivity index (χ3n) is 2.69. The van der Waals surface area contributed by atoms with Crippen molar-refractivity contribution in [2.24, 2.45) is 0 Å². The summed E-state index contributed by atoms with van der Waals surface area (Å²) >= 11 is 0. The minimum atomic E-state index is -4.45. The summed E-state index contributed by atoms with van der Waals surface area (Å²) in [4.78, 5) is 22.9. The first kappa shape index (κ1) is 18.0. The molecule has 1 rings (SSSR count). The highest BCUT2D eigenvalue weighted by molar-refractivity contribution is 5.85. The van der Waals surface area contributed by atoms with Crippen molar-refractivity contribution in [2.45, 2.75) is 12.6 Å². The van der Waals surface area contributed by atoms with Gasteiger partial charge in [-0.2, -0.15) is 13.2 Å². The fraction of sp³-hybridized carbons (Fsp3) is 0.429. The van der Waals surface area contributed by atoms with E-state index in [0.717, 1.165) is 12.1 Å². The Labute approximate surface area is 125 Å². The van der Waals surface area contributed by atoms with Crippen molar-refractivity contribution in [3.8, 4) is 0 Å². The van der Waals surface area contributed by atoms with E-state index in [0.29, 0.717) is 13.2 Å². The molecule has 0 aliphatic carbocycles. The van der Waals surface area contributed by atoms with Crippen LogP contribution in [0.4, 0.5) is 13.2 Å². The van der Waals surface area contributed by atoms with Crippen LogP contribution in [0.2, 0.25) is 0 Å². The van der Waals surface area contributed by atoms with E-state index in [4.69, 9.17) is 4.74 Å². The quantitative estimate of drug-likeness (QED) is 0.741. The largest absolute Gasteiger partial charge is 0.416 e. The molecule has 2 N–H and O–H groups in total. The highest BCUT2D eigenvalue weighted by Gasteiger charge is 2.30. The maximum absolute atomic E-state index is 12.5.